The van der Waals surface area contributed by atoms with Crippen LogP contribution in [0.1, 0.15) is 0 Å². The molecule has 0 aliphatic carbocycles. The first-order chi connectivity index (χ1) is 7.65. The number of hydrogen-bond donors (Lipinski definition) is 1. The van der Waals surface area contributed by atoms with E-state index in [0.717, 1.165) is 6.07 Å². The Hall–Kier alpha value is -1.97. The smallest absolute Gasteiger partial charge is 0.136 e. The Labute approximate surface area is 88.5 Å². The lowest BCUT2D eigenvalue weighted by Gasteiger charge is -1.94. The van der Waals surface area contributed by atoms with Crippen molar-refractivity contribution in [3.05, 3.63) is 47.8 Å². The third-order valence-corrected chi connectivity index (χ3v) is 2.58. The van der Waals surface area contributed by atoms with Crippen molar-refractivity contribution < 1.29 is 13.2 Å². The molecular weight excluding hydrogens is 215 g/mol. The molecule has 0 fully saturated rings. The van der Waals surface area contributed by atoms with E-state index in [9.17, 15) is 13.2 Å². The summed E-state index contributed by atoms with van der Waals surface area (Å²) in [5, 5.41) is 0.838. The number of H-pyrrole nitrogens is 1. The van der Waals surface area contributed by atoms with Gasteiger partial charge in [0.25, 0.3) is 0 Å². The predicted octanol–water partition coefficient (Wildman–Crippen LogP) is 3.74. The first kappa shape index (κ1) is 9.27. The van der Waals surface area contributed by atoms with E-state index in [4.69, 9.17) is 0 Å². The Kier molecular flexibility index (Phi) is 1.74. The minimum absolute atomic E-state index is 0.288. The van der Waals surface area contributed by atoms with Crippen molar-refractivity contribution in [2.75, 3.05) is 0 Å². The lowest BCUT2D eigenvalue weighted by atomic mass is 10.1. The monoisotopic (exact) mass is 221 g/mol. The third kappa shape index (κ3) is 1.19. The molecule has 16 heavy (non-hydrogen) atoms. The van der Waals surface area contributed by atoms with Gasteiger partial charge in [-0.1, -0.05) is 0 Å². The fraction of sp³-hybridized carbons (Fsp3) is 0. The van der Waals surface area contributed by atoms with Crippen LogP contribution in [-0.4, -0.2) is 4.98 Å². The molecule has 3 rings (SSSR count). The summed E-state index contributed by atoms with van der Waals surface area (Å²) in [6.07, 6.45) is 0. The molecule has 0 unspecified atom stereocenters. The van der Waals surface area contributed by atoms with Gasteiger partial charge in [-0.15, -0.1) is 0 Å². The largest absolute Gasteiger partial charge is 0.354 e. The van der Waals surface area contributed by atoms with Crippen LogP contribution >= 0.6 is 0 Å². The number of benzene rings is 2. The van der Waals surface area contributed by atoms with Gasteiger partial charge in [-0.3, -0.25) is 0 Å². The van der Waals surface area contributed by atoms with Crippen LogP contribution in [0.5, 0.6) is 0 Å². The molecule has 3 aromatic rings. The van der Waals surface area contributed by atoms with E-state index in [0.29, 0.717) is 16.4 Å². The van der Waals surface area contributed by atoms with E-state index in [1.165, 1.54) is 24.3 Å². The number of rotatable bonds is 0. The molecule has 0 atom stereocenters. The second-order valence-electron chi connectivity index (χ2n) is 3.63. The summed E-state index contributed by atoms with van der Waals surface area (Å²) in [6, 6.07) is 5.99. The van der Waals surface area contributed by atoms with Crippen LogP contribution in [-0.2, 0) is 0 Å². The maximum absolute atomic E-state index is 13.6. The average Bonchev–Trinajstić information content (AvgIpc) is 2.54. The summed E-state index contributed by atoms with van der Waals surface area (Å²) in [5.41, 5.74) is 0.789. The van der Waals surface area contributed by atoms with Gasteiger partial charge in [0.2, 0.25) is 0 Å². The van der Waals surface area contributed by atoms with Gasteiger partial charge in [0, 0.05) is 22.4 Å². The van der Waals surface area contributed by atoms with Crippen LogP contribution in [0.3, 0.4) is 0 Å². The summed E-state index contributed by atoms with van der Waals surface area (Å²) in [5.74, 6) is -1.72. The second-order valence-corrected chi connectivity index (χ2v) is 3.63. The van der Waals surface area contributed by atoms with Gasteiger partial charge in [0.15, 0.2) is 0 Å². The SMILES string of the molecule is Fc1ccc2c(c1)[nH]c1cc(F)cc(F)c12. The number of fused-ring (bicyclic) bond motifs is 3. The van der Waals surface area contributed by atoms with Crippen molar-refractivity contribution >= 4 is 21.8 Å². The molecule has 1 aromatic heterocycles. The molecule has 0 bridgehead atoms. The summed E-state index contributed by atoms with van der Waals surface area (Å²) < 4.78 is 39.5. The van der Waals surface area contributed by atoms with Crippen molar-refractivity contribution in [1.29, 1.82) is 0 Å². The normalized spacial score (nSPS) is 11.4. The van der Waals surface area contributed by atoms with Crippen molar-refractivity contribution in [2.24, 2.45) is 0 Å². The Balaban J connectivity index is 2.56. The number of halogens is 3. The van der Waals surface area contributed by atoms with Crippen LogP contribution in [0.2, 0.25) is 0 Å². The number of aromatic nitrogens is 1. The van der Waals surface area contributed by atoms with E-state index in [1.54, 1.807) is 0 Å². The molecule has 1 heterocycles. The fourth-order valence-electron chi connectivity index (χ4n) is 1.93. The molecule has 1 N–H and O–H groups in total. The zero-order valence-electron chi connectivity index (χ0n) is 8.02. The molecule has 0 saturated carbocycles. The Morgan fingerprint density at radius 3 is 2.38 bits per heavy atom. The van der Waals surface area contributed by atoms with Crippen molar-refractivity contribution in [1.82, 2.24) is 4.98 Å². The summed E-state index contributed by atoms with van der Waals surface area (Å²) >= 11 is 0. The van der Waals surface area contributed by atoms with Gasteiger partial charge >= 0.3 is 0 Å². The summed E-state index contributed by atoms with van der Waals surface area (Å²) in [4.78, 5) is 2.78. The third-order valence-electron chi connectivity index (χ3n) is 2.58. The zero-order valence-corrected chi connectivity index (χ0v) is 8.02. The maximum Gasteiger partial charge on any atom is 0.136 e. The van der Waals surface area contributed by atoms with Gasteiger partial charge in [-0.05, 0) is 24.3 Å². The van der Waals surface area contributed by atoms with Crippen LogP contribution < -0.4 is 0 Å². The highest BCUT2D eigenvalue weighted by Gasteiger charge is 2.11. The number of hydrogen-bond acceptors (Lipinski definition) is 0. The van der Waals surface area contributed by atoms with E-state index >= 15 is 0 Å². The first-order valence-corrected chi connectivity index (χ1v) is 4.71. The topological polar surface area (TPSA) is 15.8 Å². The van der Waals surface area contributed by atoms with Crippen LogP contribution in [0.25, 0.3) is 21.8 Å². The standard InChI is InChI=1S/C12H6F3N/c13-6-1-2-8-10(4-6)16-11-5-7(14)3-9(15)12(8)11/h1-5,16H. The van der Waals surface area contributed by atoms with E-state index in [1.807, 2.05) is 0 Å². The van der Waals surface area contributed by atoms with Gasteiger partial charge < -0.3 is 4.98 Å². The summed E-state index contributed by atoms with van der Waals surface area (Å²) in [6.45, 7) is 0. The molecule has 1 nitrogen and oxygen atoms in total. The van der Waals surface area contributed by atoms with Crippen LogP contribution in [0.4, 0.5) is 13.2 Å². The highest BCUT2D eigenvalue weighted by atomic mass is 19.1. The number of aromatic amines is 1. The molecule has 0 saturated heterocycles. The first-order valence-electron chi connectivity index (χ1n) is 4.71. The predicted molar refractivity (Wildman–Crippen MR) is 55.7 cm³/mol. The maximum atomic E-state index is 13.6. The summed E-state index contributed by atoms with van der Waals surface area (Å²) in [7, 11) is 0. The second kappa shape index (κ2) is 3.01. The molecular formula is C12H6F3N. The highest BCUT2D eigenvalue weighted by Crippen LogP contribution is 2.28. The molecule has 2 aromatic carbocycles. The molecule has 0 aliphatic heterocycles. The molecule has 0 radical (unpaired) electrons. The van der Waals surface area contributed by atoms with Gasteiger partial charge in [0.05, 0.1) is 5.52 Å². The molecule has 0 aliphatic rings. The Morgan fingerprint density at radius 1 is 0.812 bits per heavy atom. The lowest BCUT2D eigenvalue weighted by Crippen LogP contribution is -1.80. The lowest BCUT2D eigenvalue weighted by molar-refractivity contribution is 0.592. The average molecular weight is 221 g/mol. The van der Waals surface area contributed by atoms with E-state index in [2.05, 4.69) is 4.98 Å². The molecule has 0 spiro atoms. The zero-order chi connectivity index (χ0) is 11.3. The highest BCUT2D eigenvalue weighted by molar-refractivity contribution is 6.07. The number of nitrogens with one attached hydrogen (secondary N) is 1. The van der Waals surface area contributed by atoms with Crippen molar-refractivity contribution in [3.63, 3.8) is 0 Å². The molecule has 80 valence electrons. The van der Waals surface area contributed by atoms with Crippen molar-refractivity contribution in [3.8, 4) is 0 Å². The Bertz CT molecular complexity index is 700. The van der Waals surface area contributed by atoms with E-state index in [-0.39, 0.29) is 5.39 Å². The van der Waals surface area contributed by atoms with Crippen molar-refractivity contribution in [2.45, 2.75) is 0 Å². The van der Waals surface area contributed by atoms with Gasteiger partial charge in [0.1, 0.15) is 17.5 Å². The van der Waals surface area contributed by atoms with Crippen LogP contribution in [0, 0.1) is 17.5 Å². The van der Waals surface area contributed by atoms with Gasteiger partial charge in [-0.2, -0.15) is 0 Å². The Morgan fingerprint density at radius 2 is 1.56 bits per heavy atom. The van der Waals surface area contributed by atoms with Gasteiger partial charge in [-0.25, -0.2) is 13.2 Å². The quantitative estimate of drug-likeness (QED) is 0.595. The fourth-order valence-corrected chi connectivity index (χ4v) is 1.93. The molecule has 4 heteroatoms. The minimum Gasteiger partial charge on any atom is -0.354 e. The van der Waals surface area contributed by atoms with E-state index < -0.39 is 17.5 Å². The molecule has 0 amide bonds. The minimum atomic E-state index is -0.656. The van der Waals surface area contributed by atoms with Crippen LogP contribution in [0.15, 0.2) is 30.3 Å².